The van der Waals surface area contributed by atoms with E-state index in [1.54, 1.807) is 0 Å². The fourth-order valence-corrected chi connectivity index (χ4v) is 3.20. The summed E-state index contributed by atoms with van der Waals surface area (Å²) in [5, 5.41) is 9.41. The molecule has 0 heterocycles. The molecule has 1 aliphatic rings. The summed E-state index contributed by atoms with van der Waals surface area (Å²) in [6.45, 7) is 8.17. The van der Waals surface area contributed by atoms with Crippen molar-refractivity contribution in [2.45, 2.75) is 77.6 Å². The predicted octanol–water partition coefficient (Wildman–Crippen LogP) is 3.86. The molecule has 8 heteroatoms. The van der Waals surface area contributed by atoms with Crippen LogP contribution >= 0.6 is 0 Å². The zero-order valence-corrected chi connectivity index (χ0v) is 17.6. The summed E-state index contributed by atoms with van der Waals surface area (Å²) in [7, 11) is 0. The van der Waals surface area contributed by atoms with Crippen molar-refractivity contribution in [3.05, 3.63) is 35.4 Å². The molecule has 0 aromatic heterocycles. The van der Waals surface area contributed by atoms with Crippen molar-refractivity contribution in [3.63, 3.8) is 0 Å². The van der Waals surface area contributed by atoms with E-state index in [0.29, 0.717) is 12.5 Å². The van der Waals surface area contributed by atoms with Crippen LogP contribution in [0.25, 0.3) is 0 Å². The van der Waals surface area contributed by atoms with Crippen molar-refractivity contribution in [3.8, 4) is 0 Å². The van der Waals surface area contributed by atoms with Crippen LogP contribution in [0.5, 0.6) is 0 Å². The van der Waals surface area contributed by atoms with Crippen molar-refractivity contribution in [2.24, 2.45) is 4.99 Å². The lowest BCUT2D eigenvalue weighted by molar-refractivity contribution is 0.0490. The number of nitrogens with zero attached hydrogens (tertiary/aromatic N) is 1. The Balaban J connectivity index is 1.85. The number of carbonyl (C=O) groups is 1. The zero-order valence-electron chi connectivity index (χ0n) is 17.6. The van der Waals surface area contributed by atoms with E-state index in [2.05, 4.69) is 20.9 Å². The van der Waals surface area contributed by atoms with Crippen LogP contribution in [0.3, 0.4) is 0 Å². The number of alkyl carbamates (subject to hydrolysis) is 1. The van der Waals surface area contributed by atoms with Gasteiger partial charge < -0.3 is 20.7 Å². The maximum Gasteiger partial charge on any atom is 0.407 e. The number of benzene rings is 1. The molecule has 1 amide bonds. The number of carbonyl (C=O) groups excluding carboxylic acids is 1. The Hall–Kier alpha value is -2.38. The van der Waals surface area contributed by atoms with Gasteiger partial charge in [-0.05, 0) is 71.6 Å². The molecule has 0 radical (unpaired) electrons. The second-order valence-electron chi connectivity index (χ2n) is 8.27. The minimum Gasteiger partial charge on any atom is -0.444 e. The number of rotatable bonds is 5. The van der Waals surface area contributed by atoms with Crippen molar-refractivity contribution in [1.29, 1.82) is 0 Å². The highest BCUT2D eigenvalue weighted by Crippen LogP contribution is 2.19. The number of aliphatic imine (C=N–C) groups is 1. The molecule has 0 spiro atoms. The average molecular weight is 411 g/mol. The first-order chi connectivity index (χ1) is 13.7. The molecule has 2 rings (SSSR count). The second-order valence-corrected chi connectivity index (χ2v) is 8.27. The molecule has 1 aliphatic carbocycles. The summed E-state index contributed by atoms with van der Waals surface area (Å²) in [6.07, 6.45) is 2.99. The quantitative estimate of drug-likeness (QED) is 0.509. The fraction of sp³-hybridized carbons (Fsp3) is 0.619. The van der Waals surface area contributed by atoms with Crippen LogP contribution < -0.4 is 16.0 Å². The van der Waals surface area contributed by atoms with Crippen molar-refractivity contribution in [2.75, 3.05) is 6.54 Å². The smallest absolute Gasteiger partial charge is 0.407 e. The molecule has 0 unspecified atom stereocenters. The van der Waals surface area contributed by atoms with E-state index >= 15 is 0 Å². The molecular formula is C21H32F2N4O2. The number of halogens is 2. The third-order valence-corrected chi connectivity index (χ3v) is 4.55. The normalized spacial score (nSPS) is 20.1. The van der Waals surface area contributed by atoms with Crippen molar-refractivity contribution in [1.82, 2.24) is 16.0 Å². The minimum atomic E-state index is -0.513. The van der Waals surface area contributed by atoms with Crippen LogP contribution in [0.2, 0.25) is 0 Å². The fourth-order valence-electron chi connectivity index (χ4n) is 3.20. The van der Waals surface area contributed by atoms with Gasteiger partial charge in [0.2, 0.25) is 0 Å². The Morgan fingerprint density at radius 3 is 2.34 bits per heavy atom. The Kier molecular flexibility index (Phi) is 8.22. The van der Waals surface area contributed by atoms with Gasteiger partial charge in [-0.1, -0.05) is 0 Å². The Labute approximate surface area is 171 Å². The monoisotopic (exact) mass is 410 g/mol. The first kappa shape index (κ1) is 22.9. The first-order valence-electron chi connectivity index (χ1n) is 10.1. The number of guanidine groups is 1. The summed E-state index contributed by atoms with van der Waals surface area (Å²) in [6, 6.07) is 3.65. The Morgan fingerprint density at radius 1 is 1.14 bits per heavy atom. The molecule has 0 bridgehead atoms. The summed E-state index contributed by atoms with van der Waals surface area (Å²) < 4.78 is 32.4. The topological polar surface area (TPSA) is 74.8 Å². The lowest BCUT2D eigenvalue weighted by Gasteiger charge is -2.31. The van der Waals surface area contributed by atoms with Gasteiger partial charge in [-0.25, -0.2) is 18.6 Å². The molecule has 0 aliphatic heterocycles. The maximum absolute atomic E-state index is 13.8. The molecule has 29 heavy (non-hydrogen) atoms. The highest BCUT2D eigenvalue weighted by molar-refractivity contribution is 5.80. The standard InChI is InChI=1S/C21H32F2N4O2/c1-5-24-19(25-13-14-12-15(22)6-11-18(14)23)26-16-7-9-17(10-8-16)27-20(28)29-21(2,3)4/h6,11-12,16-17H,5,7-10,13H2,1-4H3,(H,27,28)(H2,24,25,26). The van der Waals surface area contributed by atoms with Gasteiger partial charge in [0.05, 0.1) is 6.54 Å². The van der Waals surface area contributed by atoms with E-state index in [-0.39, 0.29) is 30.3 Å². The van der Waals surface area contributed by atoms with Crippen LogP contribution in [-0.2, 0) is 11.3 Å². The summed E-state index contributed by atoms with van der Waals surface area (Å²) in [4.78, 5) is 16.3. The number of nitrogens with one attached hydrogen (secondary N) is 3. The van der Waals surface area contributed by atoms with E-state index in [0.717, 1.165) is 43.9 Å². The van der Waals surface area contributed by atoms with Crippen LogP contribution in [0, 0.1) is 11.6 Å². The van der Waals surface area contributed by atoms with Crippen molar-refractivity contribution < 1.29 is 18.3 Å². The molecule has 0 atom stereocenters. The molecule has 162 valence electrons. The van der Waals surface area contributed by atoms with Gasteiger partial charge in [-0.3, -0.25) is 0 Å². The Morgan fingerprint density at radius 2 is 1.76 bits per heavy atom. The van der Waals surface area contributed by atoms with Gasteiger partial charge in [-0.2, -0.15) is 0 Å². The number of amides is 1. The highest BCUT2D eigenvalue weighted by atomic mass is 19.1. The molecule has 3 N–H and O–H groups in total. The molecule has 6 nitrogen and oxygen atoms in total. The maximum atomic E-state index is 13.8. The van der Waals surface area contributed by atoms with Gasteiger partial charge in [0.1, 0.15) is 17.2 Å². The third-order valence-electron chi connectivity index (χ3n) is 4.55. The van der Waals surface area contributed by atoms with Crippen LogP contribution in [0.15, 0.2) is 23.2 Å². The molecule has 1 aromatic rings. The number of hydrogen-bond acceptors (Lipinski definition) is 3. The summed E-state index contributed by atoms with van der Waals surface area (Å²) in [5.74, 6) is -0.384. The summed E-state index contributed by atoms with van der Waals surface area (Å²) >= 11 is 0. The lowest BCUT2D eigenvalue weighted by Crippen LogP contribution is -2.48. The molecule has 1 fully saturated rings. The van der Waals surface area contributed by atoms with E-state index < -0.39 is 17.2 Å². The van der Waals surface area contributed by atoms with E-state index in [4.69, 9.17) is 4.74 Å². The first-order valence-corrected chi connectivity index (χ1v) is 10.1. The summed E-state index contributed by atoms with van der Waals surface area (Å²) in [5.41, 5.74) is -0.297. The van der Waals surface area contributed by atoms with Crippen LogP contribution in [-0.4, -0.2) is 36.3 Å². The zero-order chi connectivity index (χ0) is 21.4. The van der Waals surface area contributed by atoms with Gasteiger partial charge in [0, 0.05) is 24.2 Å². The van der Waals surface area contributed by atoms with Gasteiger partial charge >= 0.3 is 6.09 Å². The molecule has 1 saturated carbocycles. The Bertz CT molecular complexity index is 711. The van der Waals surface area contributed by atoms with Crippen molar-refractivity contribution >= 4 is 12.1 Å². The third kappa shape index (κ3) is 8.25. The lowest BCUT2D eigenvalue weighted by atomic mass is 9.91. The molecular weight excluding hydrogens is 378 g/mol. The number of ether oxygens (including phenoxy) is 1. The largest absolute Gasteiger partial charge is 0.444 e. The minimum absolute atomic E-state index is 0.0501. The van der Waals surface area contributed by atoms with Gasteiger partial charge in [0.15, 0.2) is 5.96 Å². The number of hydrogen-bond donors (Lipinski definition) is 3. The average Bonchev–Trinajstić information content (AvgIpc) is 2.62. The highest BCUT2D eigenvalue weighted by Gasteiger charge is 2.25. The van der Waals surface area contributed by atoms with Crippen LogP contribution in [0.4, 0.5) is 13.6 Å². The second kappa shape index (κ2) is 10.4. The van der Waals surface area contributed by atoms with E-state index in [9.17, 15) is 13.6 Å². The molecule has 1 aromatic carbocycles. The SMILES string of the molecule is CCNC(=NCc1cc(F)ccc1F)NC1CCC(NC(=O)OC(C)(C)C)CC1. The van der Waals surface area contributed by atoms with Crippen LogP contribution in [0.1, 0.15) is 58.9 Å². The van der Waals surface area contributed by atoms with Gasteiger partial charge in [0.25, 0.3) is 0 Å². The predicted molar refractivity (Wildman–Crippen MR) is 110 cm³/mol. The van der Waals surface area contributed by atoms with E-state index in [1.165, 1.54) is 0 Å². The molecule has 0 saturated heterocycles. The van der Waals surface area contributed by atoms with Gasteiger partial charge in [-0.15, -0.1) is 0 Å². The van der Waals surface area contributed by atoms with E-state index in [1.807, 2.05) is 27.7 Å².